The highest BCUT2D eigenvalue weighted by Crippen LogP contribution is 2.26. The van der Waals surface area contributed by atoms with Crippen LogP contribution >= 0.6 is 0 Å². The SMILES string of the molecule is Cc1cc(-n2nc(-c3ccoc3C)cc2N)nc(C)n1. The fourth-order valence-corrected chi connectivity index (χ4v) is 2.17. The van der Waals surface area contributed by atoms with E-state index in [4.69, 9.17) is 10.2 Å². The Morgan fingerprint density at radius 3 is 2.60 bits per heavy atom. The van der Waals surface area contributed by atoms with Gasteiger partial charge in [0, 0.05) is 23.4 Å². The zero-order valence-corrected chi connectivity index (χ0v) is 11.6. The standard InChI is InChI=1S/C14H15N5O/c1-8-6-14(17-10(3)16-8)19-13(15)7-12(18-19)11-4-5-20-9(11)2/h4-7H,15H2,1-3H3. The molecule has 0 unspecified atom stereocenters. The third-order valence-corrected chi connectivity index (χ3v) is 3.04. The van der Waals surface area contributed by atoms with Gasteiger partial charge in [0.25, 0.3) is 0 Å². The molecule has 3 heterocycles. The normalized spacial score (nSPS) is 10.9. The molecule has 0 fully saturated rings. The summed E-state index contributed by atoms with van der Waals surface area (Å²) < 4.78 is 6.91. The van der Waals surface area contributed by atoms with Gasteiger partial charge < -0.3 is 10.2 Å². The second-order valence-corrected chi connectivity index (χ2v) is 4.67. The van der Waals surface area contributed by atoms with Gasteiger partial charge in [-0.2, -0.15) is 9.78 Å². The fraction of sp³-hybridized carbons (Fsp3) is 0.214. The molecular formula is C14H15N5O. The highest BCUT2D eigenvalue weighted by molar-refractivity contribution is 5.64. The first-order chi connectivity index (χ1) is 9.54. The molecule has 0 aliphatic rings. The molecule has 0 saturated carbocycles. The molecule has 0 radical (unpaired) electrons. The maximum Gasteiger partial charge on any atom is 0.159 e. The Labute approximate surface area is 116 Å². The van der Waals surface area contributed by atoms with E-state index in [0.717, 1.165) is 22.7 Å². The predicted octanol–water partition coefficient (Wildman–Crippen LogP) is 2.43. The Bertz CT molecular complexity index is 751. The van der Waals surface area contributed by atoms with Crippen molar-refractivity contribution in [3.63, 3.8) is 0 Å². The number of hydrogen-bond donors (Lipinski definition) is 1. The zero-order valence-electron chi connectivity index (χ0n) is 11.6. The summed E-state index contributed by atoms with van der Waals surface area (Å²) in [6.45, 7) is 5.65. The number of anilines is 1. The lowest BCUT2D eigenvalue weighted by molar-refractivity contribution is 0.535. The van der Waals surface area contributed by atoms with E-state index in [0.29, 0.717) is 17.5 Å². The second kappa shape index (κ2) is 4.48. The number of nitrogens with zero attached hydrogens (tertiary/aromatic N) is 4. The van der Waals surface area contributed by atoms with Crippen LogP contribution in [0.15, 0.2) is 28.9 Å². The molecule has 3 rings (SSSR count). The molecule has 6 heteroatoms. The molecule has 0 atom stereocenters. The summed E-state index contributed by atoms with van der Waals surface area (Å²) in [6, 6.07) is 5.53. The van der Waals surface area contributed by atoms with E-state index in [2.05, 4.69) is 15.1 Å². The average molecular weight is 269 g/mol. The number of rotatable bonds is 2. The van der Waals surface area contributed by atoms with Crippen LogP contribution in [-0.4, -0.2) is 19.7 Å². The molecule has 0 aromatic carbocycles. The Morgan fingerprint density at radius 1 is 1.15 bits per heavy atom. The maximum absolute atomic E-state index is 6.04. The highest BCUT2D eigenvalue weighted by Gasteiger charge is 2.13. The number of furan rings is 1. The van der Waals surface area contributed by atoms with Gasteiger partial charge in [-0.25, -0.2) is 9.97 Å². The summed E-state index contributed by atoms with van der Waals surface area (Å²) in [5, 5.41) is 4.51. The van der Waals surface area contributed by atoms with Crippen molar-refractivity contribution in [3.05, 3.63) is 41.7 Å². The maximum atomic E-state index is 6.04. The van der Waals surface area contributed by atoms with Gasteiger partial charge in [-0.3, -0.25) is 0 Å². The quantitative estimate of drug-likeness (QED) is 0.772. The van der Waals surface area contributed by atoms with Crippen LogP contribution in [0.5, 0.6) is 0 Å². The Balaban J connectivity index is 2.12. The van der Waals surface area contributed by atoms with Gasteiger partial charge in [-0.15, -0.1) is 0 Å². The smallest absolute Gasteiger partial charge is 0.159 e. The molecule has 0 amide bonds. The van der Waals surface area contributed by atoms with Crippen molar-refractivity contribution < 1.29 is 4.42 Å². The topological polar surface area (TPSA) is 82.8 Å². The average Bonchev–Trinajstić information content (AvgIpc) is 2.94. The molecule has 3 aromatic heterocycles. The molecule has 3 aromatic rings. The fourth-order valence-electron chi connectivity index (χ4n) is 2.17. The minimum atomic E-state index is 0.526. The molecule has 102 valence electrons. The Hall–Kier alpha value is -2.63. The van der Waals surface area contributed by atoms with Crippen molar-refractivity contribution in [1.82, 2.24) is 19.7 Å². The number of nitrogen functional groups attached to an aromatic ring is 1. The highest BCUT2D eigenvalue weighted by atomic mass is 16.3. The largest absolute Gasteiger partial charge is 0.469 e. The first-order valence-corrected chi connectivity index (χ1v) is 6.27. The van der Waals surface area contributed by atoms with Crippen LogP contribution in [0.1, 0.15) is 17.3 Å². The summed E-state index contributed by atoms with van der Waals surface area (Å²) in [5.41, 5.74) is 8.61. The van der Waals surface area contributed by atoms with Crippen LogP contribution in [0.3, 0.4) is 0 Å². The van der Waals surface area contributed by atoms with Gasteiger partial charge in [-0.05, 0) is 26.8 Å². The van der Waals surface area contributed by atoms with E-state index in [1.165, 1.54) is 0 Å². The third kappa shape index (κ3) is 2.05. The van der Waals surface area contributed by atoms with E-state index in [1.807, 2.05) is 39.0 Å². The molecule has 0 saturated heterocycles. The van der Waals surface area contributed by atoms with E-state index >= 15 is 0 Å². The van der Waals surface area contributed by atoms with E-state index in [9.17, 15) is 0 Å². The molecule has 0 spiro atoms. The van der Waals surface area contributed by atoms with Crippen molar-refractivity contribution in [2.24, 2.45) is 0 Å². The summed E-state index contributed by atoms with van der Waals surface area (Å²) in [7, 11) is 0. The van der Waals surface area contributed by atoms with Crippen molar-refractivity contribution in [2.45, 2.75) is 20.8 Å². The lowest BCUT2D eigenvalue weighted by Gasteiger charge is -2.04. The van der Waals surface area contributed by atoms with E-state index in [1.54, 1.807) is 10.9 Å². The zero-order chi connectivity index (χ0) is 14.3. The predicted molar refractivity (Wildman–Crippen MR) is 75.5 cm³/mol. The van der Waals surface area contributed by atoms with Crippen LogP contribution in [0.25, 0.3) is 17.1 Å². The molecule has 0 aliphatic heterocycles. The first kappa shape index (κ1) is 12.4. The van der Waals surface area contributed by atoms with Gasteiger partial charge in [0.2, 0.25) is 0 Å². The molecule has 2 N–H and O–H groups in total. The van der Waals surface area contributed by atoms with Crippen molar-refractivity contribution in [3.8, 4) is 17.1 Å². The Kier molecular flexibility index (Phi) is 2.78. The van der Waals surface area contributed by atoms with Gasteiger partial charge in [0.1, 0.15) is 17.4 Å². The van der Waals surface area contributed by atoms with Gasteiger partial charge in [0.05, 0.1) is 12.0 Å². The van der Waals surface area contributed by atoms with Crippen LogP contribution in [0.2, 0.25) is 0 Å². The van der Waals surface area contributed by atoms with E-state index < -0.39 is 0 Å². The summed E-state index contributed by atoms with van der Waals surface area (Å²) in [5.74, 6) is 2.69. The summed E-state index contributed by atoms with van der Waals surface area (Å²) >= 11 is 0. The first-order valence-electron chi connectivity index (χ1n) is 6.27. The number of aromatic nitrogens is 4. The molecule has 6 nitrogen and oxygen atoms in total. The van der Waals surface area contributed by atoms with Crippen molar-refractivity contribution >= 4 is 5.82 Å². The van der Waals surface area contributed by atoms with Crippen LogP contribution < -0.4 is 5.73 Å². The number of aryl methyl sites for hydroxylation is 3. The number of nitrogens with two attached hydrogens (primary N) is 1. The third-order valence-electron chi connectivity index (χ3n) is 3.04. The minimum absolute atomic E-state index is 0.526. The lowest BCUT2D eigenvalue weighted by Crippen LogP contribution is -2.06. The summed E-state index contributed by atoms with van der Waals surface area (Å²) in [4.78, 5) is 8.62. The molecular weight excluding hydrogens is 254 g/mol. The van der Waals surface area contributed by atoms with Crippen LogP contribution in [0.4, 0.5) is 5.82 Å². The minimum Gasteiger partial charge on any atom is -0.469 e. The van der Waals surface area contributed by atoms with Gasteiger partial charge in [-0.1, -0.05) is 0 Å². The Morgan fingerprint density at radius 2 is 1.95 bits per heavy atom. The van der Waals surface area contributed by atoms with Crippen molar-refractivity contribution in [1.29, 1.82) is 0 Å². The number of hydrogen-bond acceptors (Lipinski definition) is 5. The summed E-state index contributed by atoms with van der Waals surface area (Å²) in [6.07, 6.45) is 1.64. The molecule has 0 aliphatic carbocycles. The van der Waals surface area contributed by atoms with Gasteiger partial charge in [0.15, 0.2) is 5.82 Å². The van der Waals surface area contributed by atoms with Crippen LogP contribution in [-0.2, 0) is 0 Å². The molecule has 0 bridgehead atoms. The monoisotopic (exact) mass is 269 g/mol. The van der Waals surface area contributed by atoms with Gasteiger partial charge >= 0.3 is 0 Å². The second-order valence-electron chi connectivity index (χ2n) is 4.67. The van der Waals surface area contributed by atoms with Crippen molar-refractivity contribution in [2.75, 3.05) is 5.73 Å². The lowest BCUT2D eigenvalue weighted by atomic mass is 10.2. The van der Waals surface area contributed by atoms with E-state index in [-0.39, 0.29) is 0 Å². The van der Waals surface area contributed by atoms with Crippen LogP contribution in [0, 0.1) is 20.8 Å². The molecule has 20 heavy (non-hydrogen) atoms.